The van der Waals surface area contributed by atoms with Crippen LogP contribution in [0, 0.1) is 0 Å². The normalized spacial score (nSPS) is 12.8. The Morgan fingerprint density at radius 2 is 0.470 bits per heavy atom. The lowest BCUT2D eigenvalue weighted by atomic mass is 10.0. The van der Waals surface area contributed by atoms with Crippen LogP contribution in [-0.2, 0) is 28.6 Å². The third kappa shape index (κ3) is 68.7. The lowest BCUT2D eigenvalue weighted by molar-refractivity contribution is -0.167. The standard InChI is InChI=1S/C77H132O6/c1-4-7-10-13-16-19-22-25-28-31-34-36-38-40-43-46-49-52-55-58-61-64-67-70-76(79)82-73-74(72-81-75(78)69-66-63-60-57-54-51-48-45-42-33-30-27-24-21-18-15-12-9-6-3)83-77(80)71-68-65-62-59-56-53-50-47-44-41-39-37-35-32-29-26-23-20-17-14-11-8-5-2/h7,10,16,18-19,21,23,25-28,30,32,34-36,42,45,74H,4-6,8-9,11-15,17,20,22,24,29,31,33,37-41,43-44,46-73H2,1-3H3/b10-7-,19-16-,21-18-,26-23-,28-25-,30-27-,35-32-,36-34-,45-42-. The molecule has 0 aromatic rings. The quantitative estimate of drug-likeness (QED) is 0.0261. The molecule has 0 heterocycles. The van der Waals surface area contributed by atoms with Crippen molar-refractivity contribution in [1.82, 2.24) is 0 Å². The van der Waals surface area contributed by atoms with Gasteiger partial charge in [0.15, 0.2) is 6.10 Å². The third-order valence-corrected chi connectivity index (χ3v) is 15.2. The molecule has 0 saturated carbocycles. The van der Waals surface area contributed by atoms with E-state index in [2.05, 4.69) is 130 Å². The summed E-state index contributed by atoms with van der Waals surface area (Å²) in [5.41, 5.74) is 0. The highest BCUT2D eigenvalue weighted by atomic mass is 16.6. The Balaban J connectivity index is 4.40. The summed E-state index contributed by atoms with van der Waals surface area (Å²) in [7, 11) is 0. The highest BCUT2D eigenvalue weighted by Gasteiger charge is 2.19. The summed E-state index contributed by atoms with van der Waals surface area (Å²) in [5.74, 6) is -0.890. The minimum atomic E-state index is -0.791. The zero-order valence-electron chi connectivity index (χ0n) is 54.7. The smallest absolute Gasteiger partial charge is 0.306 e. The molecule has 0 saturated heterocycles. The van der Waals surface area contributed by atoms with E-state index in [-0.39, 0.29) is 31.1 Å². The summed E-state index contributed by atoms with van der Waals surface area (Å²) < 4.78 is 17.0. The Morgan fingerprint density at radius 1 is 0.253 bits per heavy atom. The van der Waals surface area contributed by atoms with Crippen molar-refractivity contribution >= 4 is 17.9 Å². The van der Waals surface area contributed by atoms with Crippen LogP contribution in [0.1, 0.15) is 342 Å². The largest absolute Gasteiger partial charge is 0.462 e. The minimum Gasteiger partial charge on any atom is -0.462 e. The summed E-state index contributed by atoms with van der Waals surface area (Å²) >= 11 is 0. The average Bonchev–Trinajstić information content (AvgIpc) is 3.49. The molecule has 0 aromatic carbocycles. The van der Waals surface area contributed by atoms with Gasteiger partial charge in [-0.05, 0) is 128 Å². The van der Waals surface area contributed by atoms with Crippen molar-refractivity contribution < 1.29 is 28.6 Å². The minimum absolute atomic E-state index is 0.0850. The van der Waals surface area contributed by atoms with Crippen LogP contribution in [0.2, 0.25) is 0 Å². The number of ether oxygens (including phenoxy) is 3. The van der Waals surface area contributed by atoms with E-state index in [0.29, 0.717) is 19.3 Å². The summed E-state index contributed by atoms with van der Waals surface area (Å²) in [5, 5.41) is 0. The Bertz CT molecular complexity index is 1660. The number of rotatable bonds is 64. The number of carbonyl (C=O) groups is 3. The zero-order valence-corrected chi connectivity index (χ0v) is 54.7. The van der Waals surface area contributed by atoms with Crippen molar-refractivity contribution in [2.24, 2.45) is 0 Å². The Labute approximate surface area is 514 Å². The number of carbonyl (C=O) groups excluding carboxylic acids is 3. The maximum Gasteiger partial charge on any atom is 0.306 e. The SMILES string of the molecule is CC/C=C\C/C=C\C/C=C\C/C=C\CCCCCCCCCCCCC(=O)OCC(COC(=O)CCCCCCCC/C=C\C/C=C\C/C=C\CCCCC)OC(=O)CCCCCCCCCCCCC/C=C\C/C=C\CCCCCCC. The second-order valence-corrected chi connectivity index (χ2v) is 23.4. The zero-order chi connectivity index (χ0) is 59.9. The first-order chi connectivity index (χ1) is 41.0. The Hall–Kier alpha value is -3.93. The van der Waals surface area contributed by atoms with Crippen LogP contribution in [0.4, 0.5) is 0 Å². The molecule has 0 aliphatic carbocycles. The molecule has 0 aliphatic rings. The molecule has 0 N–H and O–H groups in total. The number of esters is 3. The van der Waals surface area contributed by atoms with Crippen molar-refractivity contribution in [1.29, 1.82) is 0 Å². The van der Waals surface area contributed by atoms with Gasteiger partial charge < -0.3 is 14.2 Å². The van der Waals surface area contributed by atoms with Gasteiger partial charge in [0.25, 0.3) is 0 Å². The first-order valence-corrected chi connectivity index (χ1v) is 35.4. The van der Waals surface area contributed by atoms with E-state index >= 15 is 0 Å². The van der Waals surface area contributed by atoms with E-state index in [9.17, 15) is 14.4 Å². The molecule has 0 rings (SSSR count). The van der Waals surface area contributed by atoms with Gasteiger partial charge in [-0.3, -0.25) is 14.4 Å². The molecule has 0 radical (unpaired) electrons. The van der Waals surface area contributed by atoms with E-state index in [1.54, 1.807) is 0 Å². The first kappa shape index (κ1) is 79.1. The molecule has 476 valence electrons. The number of hydrogen-bond donors (Lipinski definition) is 0. The van der Waals surface area contributed by atoms with Gasteiger partial charge in [0.05, 0.1) is 0 Å². The summed E-state index contributed by atoms with van der Waals surface area (Å²) in [6.45, 7) is 6.51. The van der Waals surface area contributed by atoms with Crippen molar-refractivity contribution in [3.8, 4) is 0 Å². The van der Waals surface area contributed by atoms with Crippen LogP contribution in [0.3, 0.4) is 0 Å². The number of hydrogen-bond acceptors (Lipinski definition) is 6. The highest BCUT2D eigenvalue weighted by molar-refractivity contribution is 5.71. The summed E-state index contributed by atoms with van der Waals surface area (Å²) in [6, 6.07) is 0. The molecule has 0 aliphatic heterocycles. The molecule has 1 atom stereocenters. The predicted octanol–water partition coefficient (Wildman–Crippen LogP) is 24.6. The highest BCUT2D eigenvalue weighted by Crippen LogP contribution is 2.17. The van der Waals surface area contributed by atoms with Gasteiger partial charge >= 0.3 is 17.9 Å². The fraction of sp³-hybridized carbons (Fsp3) is 0.727. The fourth-order valence-electron chi connectivity index (χ4n) is 9.94. The monoisotopic (exact) mass is 1150 g/mol. The Kier molecular flexibility index (Phi) is 67.2. The van der Waals surface area contributed by atoms with Gasteiger partial charge in [-0.1, -0.05) is 304 Å². The number of unbranched alkanes of at least 4 members (excludes halogenated alkanes) is 35. The molecule has 0 bridgehead atoms. The van der Waals surface area contributed by atoms with Gasteiger partial charge in [0, 0.05) is 19.3 Å². The van der Waals surface area contributed by atoms with E-state index in [0.717, 1.165) is 109 Å². The molecule has 6 nitrogen and oxygen atoms in total. The lowest BCUT2D eigenvalue weighted by Gasteiger charge is -2.18. The van der Waals surface area contributed by atoms with Crippen LogP contribution in [-0.4, -0.2) is 37.2 Å². The van der Waals surface area contributed by atoms with Crippen LogP contribution >= 0.6 is 0 Å². The first-order valence-electron chi connectivity index (χ1n) is 35.4. The van der Waals surface area contributed by atoms with Gasteiger partial charge in [-0.25, -0.2) is 0 Å². The van der Waals surface area contributed by atoms with Crippen LogP contribution < -0.4 is 0 Å². The fourth-order valence-corrected chi connectivity index (χ4v) is 9.94. The molecule has 0 fully saturated rings. The summed E-state index contributed by atoms with van der Waals surface area (Å²) in [6.07, 6.45) is 96.7. The second kappa shape index (κ2) is 70.6. The van der Waals surface area contributed by atoms with E-state index in [4.69, 9.17) is 14.2 Å². The van der Waals surface area contributed by atoms with Crippen LogP contribution in [0.25, 0.3) is 0 Å². The molecule has 83 heavy (non-hydrogen) atoms. The molecule has 0 spiro atoms. The molecular formula is C77H132O6. The topological polar surface area (TPSA) is 78.9 Å². The second-order valence-electron chi connectivity index (χ2n) is 23.4. The van der Waals surface area contributed by atoms with Crippen LogP contribution in [0.15, 0.2) is 109 Å². The van der Waals surface area contributed by atoms with E-state index < -0.39 is 6.10 Å². The maximum absolute atomic E-state index is 13.0. The van der Waals surface area contributed by atoms with Crippen molar-refractivity contribution in [3.63, 3.8) is 0 Å². The van der Waals surface area contributed by atoms with Gasteiger partial charge in [-0.2, -0.15) is 0 Å². The molecule has 0 aromatic heterocycles. The number of allylic oxidation sites excluding steroid dienone is 18. The van der Waals surface area contributed by atoms with Crippen molar-refractivity contribution in [2.45, 2.75) is 348 Å². The van der Waals surface area contributed by atoms with Gasteiger partial charge in [-0.15, -0.1) is 0 Å². The predicted molar refractivity (Wildman–Crippen MR) is 362 cm³/mol. The Morgan fingerprint density at radius 3 is 0.759 bits per heavy atom. The maximum atomic E-state index is 13.0. The lowest BCUT2D eigenvalue weighted by Crippen LogP contribution is -2.30. The van der Waals surface area contributed by atoms with Crippen LogP contribution in [0.5, 0.6) is 0 Å². The van der Waals surface area contributed by atoms with Gasteiger partial charge in [0.2, 0.25) is 0 Å². The molecule has 6 heteroatoms. The third-order valence-electron chi connectivity index (χ3n) is 15.2. The van der Waals surface area contributed by atoms with Crippen molar-refractivity contribution in [2.75, 3.05) is 13.2 Å². The molecular weight excluding hydrogens is 1020 g/mol. The summed E-state index contributed by atoms with van der Waals surface area (Å²) in [4.78, 5) is 38.5. The van der Waals surface area contributed by atoms with E-state index in [1.807, 2.05) is 0 Å². The van der Waals surface area contributed by atoms with Gasteiger partial charge in [0.1, 0.15) is 13.2 Å². The van der Waals surface area contributed by atoms with E-state index in [1.165, 1.54) is 193 Å². The molecule has 1 unspecified atom stereocenters. The average molecular weight is 1150 g/mol. The van der Waals surface area contributed by atoms with Crippen molar-refractivity contribution in [3.05, 3.63) is 109 Å². The molecule has 0 amide bonds.